The second-order valence-electron chi connectivity index (χ2n) is 6.69. The van der Waals surface area contributed by atoms with Crippen LogP contribution >= 0.6 is 0 Å². The molecule has 1 aliphatic rings. The summed E-state index contributed by atoms with van der Waals surface area (Å²) in [6.07, 6.45) is 0.890. The summed E-state index contributed by atoms with van der Waals surface area (Å²) in [5.74, 6) is 1.25. The van der Waals surface area contributed by atoms with Gasteiger partial charge in [-0.1, -0.05) is 26.0 Å². The molecule has 0 N–H and O–H groups in total. The van der Waals surface area contributed by atoms with Crippen LogP contribution < -0.4 is 9.64 Å². The molecule has 1 aliphatic heterocycles. The summed E-state index contributed by atoms with van der Waals surface area (Å²) >= 11 is 0. The third-order valence-electron chi connectivity index (χ3n) is 4.60. The van der Waals surface area contributed by atoms with E-state index in [1.807, 2.05) is 24.3 Å². The molecule has 0 atom stereocenters. The van der Waals surface area contributed by atoms with Crippen molar-refractivity contribution in [2.45, 2.75) is 32.6 Å². The molecular weight excluding hydrogens is 332 g/mol. The molecule has 3 rings (SSSR count). The standard InChI is InChI=1S/C20H22N2O4/c1-14(2)15-3-7-18(8-4-15)26-12-11-21-19-9-6-17(22(24)25)13-16(19)5-10-20(21)23/h3-4,6-9,13-14H,5,10-12H2,1-2H3. The van der Waals surface area contributed by atoms with Gasteiger partial charge in [0.2, 0.25) is 5.91 Å². The molecule has 0 bridgehead atoms. The summed E-state index contributed by atoms with van der Waals surface area (Å²) in [4.78, 5) is 24.5. The summed E-state index contributed by atoms with van der Waals surface area (Å²) in [7, 11) is 0. The molecule has 6 nitrogen and oxygen atoms in total. The number of nitro groups is 1. The minimum atomic E-state index is -0.412. The number of anilines is 1. The van der Waals surface area contributed by atoms with Crippen LogP contribution in [0.1, 0.15) is 37.3 Å². The first-order valence-corrected chi connectivity index (χ1v) is 8.76. The number of nitro benzene ring substituents is 1. The van der Waals surface area contributed by atoms with Crippen LogP contribution in [-0.4, -0.2) is 24.0 Å². The van der Waals surface area contributed by atoms with Gasteiger partial charge in [0.05, 0.1) is 11.5 Å². The Hall–Kier alpha value is -2.89. The molecule has 0 unspecified atom stereocenters. The molecule has 136 valence electrons. The minimum absolute atomic E-state index is 0.0186. The van der Waals surface area contributed by atoms with Crippen molar-refractivity contribution in [3.8, 4) is 5.75 Å². The van der Waals surface area contributed by atoms with E-state index in [1.165, 1.54) is 11.6 Å². The van der Waals surface area contributed by atoms with Crippen molar-refractivity contribution in [2.75, 3.05) is 18.1 Å². The van der Waals surface area contributed by atoms with Gasteiger partial charge in [-0.3, -0.25) is 14.9 Å². The molecular formula is C20H22N2O4. The third kappa shape index (κ3) is 3.85. The van der Waals surface area contributed by atoms with Crippen LogP contribution in [0.4, 0.5) is 11.4 Å². The molecule has 1 heterocycles. The number of amides is 1. The lowest BCUT2D eigenvalue weighted by Gasteiger charge is -2.29. The number of fused-ring (bicyclic) bond motifs is 1. The summed E-state index contributed by atoms with van der Waals surface area (Å²) in [6, 6.07) is 12.6. The van der Waals surface area contributed by atoms with Crippen LogP contribution in [-0.2, 0) is 11.2 Å². The van der Waals surface area contributed by atoms with Crippen molar-refractivity contribution in [2.24, 2.45) is 0 Å². The second kappa shape index (κ2) is 7.56. The quantitative estimate of drug-likeness (QED) is 0.579. The molecule has 1 amide bonds. The highest BCUT2D eigenvalue weighted by Gasteiger charge is 2.25. The fourth-order valence-electron chi connectivity index (χ4n) is 3.11. The van der Waals surface area contributed by atoms with Crippen molar-refractivity contribution in [3.05, 3.63) is 63.7 Å². The van der Waals surface area contributed by atoms with Gasteiger partial charge in [0.1, 0.15) is 12.4 Å². The van der Waals surface area contributed by atoms with Crippen LogP contribution in [0.25, 0.3) is 0 Å². The lowest BCUT2D eigenvalue weighted by atomic mass is 10.0. The molecule has 0 fully saturated rings. The summed E-state index contributed by atoms with van der Waals surface area (Å²) in [6.45, 7) is 5.05. The molecule has 0 saturated carbocycles. The van der Waals surface area contributed by atoms with Crippen molar-refractivity contribution in [3.63, 3.8) is 0 Å². The lowest BCUT2D eigenvalue weighted by molar-refractivity contribution is -0.384. The molecule has 0 spiro atoms. The molecule has 26 heavy (non-hydrogen) atoms. The highest BCUT2D eigenvalue weighted by Crippen LogP contribution is 2.31. The average molecular weight is 354 g/mol. The predicted octanol–water partition coefficient (Wildman–Crippen LogP) is 4.08. The van der Waals surface area contributed by atoms with Gasteiger partial charge in [0.15, 0.2) is 0 Å². The second-order valence-corrected chi connectivity index (χ2v) is 6.69. The fourth-order valence-corrected chi connectivity index (χ4v) is 3.11. The Labute approximate surface area is 152 Å². The molecule has 2 aromatic rings. The largest absolute Gasteiger partial charge is 0.492 e. The van der Waals surface area contributed by atoms with E-state index in [9.17, 15) is 14.9 Å². The number of carbonyl (C=O) groups is 1. The number of hydrogen-bond donors (Lipinski definition) is 0. The molecule has 2 aromatic carbocycles. The zero-order chi connectivity index (χ0) is 18.7. The first-order valence-electron chi connectivity index (χ1n) is 8.76. The van der Waals surface area contributed by atoms with Crippen molar-refractivity contribution >= 4 is 17.3 Å². The zero-order valence-electron chi connectivity index (χ0n) is 15.0. The van der Waals surface area contributed by atoms with E-state index in [-0.39, 0.29) is 11.6 Å². The first-order chi connectivity index (χ1) is 12.5. The topological polar surface area (TPSA) is 72.7 Å². The van der Waals surface area contributed by atoms with E-state index in [0.717, 1.165) is 17.0 Å². The molecule has 0 saturated heterocycles. The number of ether oxygens (including phenoxy) is 1. The SMILES string of the molecule is CC(C)c1ccc(OCCN2C(=O)CCc3cc([N+](=O)[O-])ccc32)cc1. The zero-order valence-corrected chi connectivity index (χ0v) is 15.0. The van der Waals surface area contributed by atoms with E-state index in [1.54, 1.807) is 17.0 Å². The lowest BCUT2D eigenvalue weighted by Crippen LogP contribution is -2.38. The Kier molecular flexibility index (Phi) is 5.21. The predicted molar refractivity (Wildman–Crippen MR) is 99.8 cm³/mol. The van der Waals surface area contributed by atoms with Gasteiger partial charge in [-0.15, -0.1) is 0 Å². The van der Waals surface area contributed by atoms with E-state index in [4.69, 9.17) is 4.74 Å². The van der Waals surface area contributed by atoms with Crippen LogP contribution in [0.2, 0.25) is 0 Å². The van der Waals surface area contributed by atoms with Gasteiger partial charge in [-0.25, -0.2) is 0 Å². The molecule has 6 heteroatoms. The van der Waals surface area contributed by atoms with Gasteiger partial charge < -0.3 is 9.64 Å². The van der Waals surface area contributed by atoms with Crippen LogP contribution in [0.5, 0.6) is 5.75 Å². The number of non-ortho nitro benzene ring substituents is 1. The Morgan fingerprint density at radius 1 is 1.15 bits per heavy atom. The number of carbonyl (C=O) groups excluding carboxylic acids is 1. The maximum Gasteiger partial charge on any atom is 0.269 e. The maximum atomic E-state index is 12.3. The van der Waals surface area contributed by atoms with Gasteiger partial charge in [0, 0.05) is 24.2 Å². The van der Waals surface area contributed by atoms with E-state index in [2.05, 4.69) is 13.8 Å². The number of benzene rings is 2. The number of hydrogen-bond acceptors (Lipinski definition) is 4. The van der Waals surface area contributed by atoms with E-state index >= 15 is 0 Å². The Balaban J connectivity index is 1.66. The molecule has 0 radical (unpaired) electrons. The van der Waals surface area contributed by atoms with Gasteiger partial charge in [-0.2, -0.15) is 0 Å². The third-order valence-corrected chi connectivity index (χ3v) is 4.60. The van der Waals surface area contributed by atoms with Crippen molar-refractivity contribution < 1.29 is 14.5 Å². The van der Waals surface area contributed by atoms with Gasteiger partial charge in [0.25, 0.3) is 5.69 Å². The minimum Gasteiger partial charge on any atom is -0.492 e. The highest BCUT2D eigenvalue weighted by molar-refractivity contribution is 5.96. The highest BCUT2D eigenvalue weighted by atomic mass is 16.6. The van der Waals surface area contributed by atoms with E-state index < -0.39 is 4.92 Å². The molecule has 0 aromatic heterocycles. The monoisotopic (exact) mass is 354 g/mol. The Bertz CT molecular complexity index is 815. The Morgan fingerprint density at radius 3 is 2.54 bits per heavy atom. The van der Waals surface area contributed by atoms with Gasteiger partial charge in [-0.05, 0) is 41.7 Å². The smallest absolute Gasteiger partial charge is 0.269 e. The first kappa shape index (κ1) is 17.9. The normalized spacial score (nSPS) is 13.7. The van der Waals surface area contributed by atoms with Crippen LogP contribution in [0.15, 0.2) is 42.5 Å². The number of aryl methyl sites for hydroxylation is 1. The number of nitrogens with zero attached hydrogens (tertiary/aromatic N) is 2. The maximum absolute atomic E-state index is 12.3. The summed E-state index contributed by atoms with van der Waals surface area (Å²) in [5, 5.41) is 10.9. The van der Waals surface area contributed by atoms with E-state index in [0.29, 0.717) is 31.9 Å². The van der Waals surface area contributed by atoms with Gasteiger partial charge >= 0.3 is 0 Å². The number of rotatable bonds is 6. The van der Waals surface area contributed by atoms with Crippen molar-refractivity contribution in [1.29, 1.82) is 0 Å². The summed E-state index contributed by atoms with van der Waals surface area (Å²) in [5.41, 5.74) is 2.88. The summed E-state index contributed by atoms with van der Waals surface area (Å²) < 4.78 is 5.77. The average Bonchev–Trinajstić information content (AvgIpc) is 2.63. The van der Waals surface area contributed by atoms with Crippen LogP contribution in [0, 0.1) is 10.1 Å². The van der Waals surface area contributed by atoms with Crippen LogP contribution in [0.3, 0.4) is 0 Å². The Morgan fingerprint density at radius 2 is 1.88 bits per heavy atom. The van der Waals surface area contributed by atoms with Crippen molar-refractivity contribution in [1.82, 2.24) is 0 Å². The fraction of sp³-hybridized carbons (Fsp3) is 0.350. The molecule has 0 aliphatic carbocycles.